The summed E-state index contributed by atoms with van der Waals surface area (Å²) in [5, 5.41) is 11.2. The third kappa shape index (κ3) is 4.19. The largest absolute Gasteiger partial charge is 0.367 e. The Balaban J connectivity index is 1.54. The summed E-state index contributed by atoms with van der Waals surface area (Å²) >= 11 is 0. The van der Waals surface area contributed by atoms with Crippen LogP contribution in [0.15, 0.2) is 60.8 Å². The number of benzene rings is 2. The Bertz CT molecular complexity index is 1240. The van der Waals surface area contributed by atoms with Crippen LogP contribution in [0, 0.1) is 5.92 Å². The minimum Gasteiger partial charge on any atom is -0.367 e. The van der Waals surface area contributed by atoms with E-state index in [4.69, 9.17) is 10.1 Å². The van der Waals surface area contributed by atoms with E-state index in [0.717, 1.165) is 36.2 Å². The molecule has 0 bridgehead atoms. The SMILES string of the molecule is CC(C)CNc1nc(-c2ccccc2)nn2c(-c3ccc(C(=O)NC4CC4)cc3)cnc12. The number of amides is 1. The zero-order chi connectivity index (χ0) is 22.1. The van der Waals surface area contributed by atoms with Crippen molar-refractivity contribution >= 4 is 17.4 Å². The number of carbonyl (C=O) groups excluding carboxylic acids is 1. The number of aromatic nitrogens is 4. The molecule has 0 spiro atoms. The average molecular weight is 427 g/mol. The van der Waals surface area contributed by atoms with Crippen LogP contribution in [0.4, 0.5) is 5.82 Å². The fraction of sp³-hybridized carbons (Fsp3) is 0.280. The van der Waals surface area contributed by atoms with Gasteiger partial charge in [0.15, 0.2) is 17.3 Å². The minimum atomic E-state index is -0.0222. The number of hydrogen-bond donors (Lipinski definition) is 2. The normalized spacial score (nSPS) is 13.5. The summed E-state index contributed by atoms with van der Waals surface area (Å²) in [4.78, 5) is 21.7. The Hall–Kier alpha value is -3.74. The number of nitrogens with zero attached hydrogens (tertiary/aromatic N) is 4. The van der Waals surface area contributed by atoms with Gasteiger partial charge in [-0.05, 0) is 30.9 Å². The molecular formula is C25H26N6O. The number of imidazole rings is 1. The molecule has 1 saturated carbocycles. The fourth-order valence-electron chi connectivity index (χ4n) is 3.50. The molecule has 0 saturated heterocycles. The molecule has 2 aromatic carbocycles. The van der Waals surface area contributed by atoms with Crippen molar-refractivity contribution in [1.29, 1.82) is 0 Å². The maximum Gasteiger partial charge on any atom is 0.251 e. The number of hydrogen-bond acceptors (Lipinski definition) is 5. The summed E-state index contributed by atoms with van der Waals surface area (Å²) in [5.74, 6) is 1.78. The van der Waals surface area contributed by atoms with Crippen LogP contribution in [0.5, 0.6) is 0 Å². The van der Waals surface area contributed by atoms with Gasteiger partial charge >= 0.3 is 0 Å². The molecule has 0 atom stereocenters. The summed E-state index contributed by atoms with van der Waals surface area (Å²) in [6.07, 6.45) is 3.95. The van der Waals surface area contributed by atoms with Gasteiger partial charge in [0.25, 0.3) is 5.91 Å². The Morgan fingerprint density at radius 1 is 1.06 bits per heavy atom. The zero-order valence-electron chi connectivity index (χ0n) is 18.2. The van der Waals surface area contributed by atoms with Gasteiger partial charge in [-0.2, -0.15) is 0 Å². The van der Waals surface area contributed by atoms with Crippen molar-refractivity contribution in [1.82, 2.24) is 24.9 Å². The van der Waals surface area contributed by atoms with Crippen LogP contribution in [0.1, 0.15) is 37.0 Å². The monoisotopic (exact) mass is 426 g/mol. The second kappa shape index (κ2) is 8.42. The molecule has 2 aromatic heterocycles. The van der Waals surface area contributed by atoms with Crippen LogP contribution in [0.2, 0.25) is 0 Å². The van der Waals surface area contributed by atoms with Gasteiger partial charge in [-0.15, -0.1) is 5.10 Å². The molecule has 7 heteroatoms. The van der Waals surface area contributed by atoms with E-state index < -0.39 is 0 Å². The van der Waals surface area contributed by atoms with E-state index in [1.54, 1.807) is 6.20 Å². The molecule has 1 aliphatic rings. The van der Waals surface area contributed by atoms with Crippen molar-refractivity contribution in [3.63, 3.8) is 0 Å². The van der Waals surface area contributed by atoms with Crippen molar-refractivity contribution in [2.24, 2.45) is 5.92 Å². The van der Waals surface area contributed by atoms with Gasteiger partial charge in [-0.1, -0.05) is 56.3 Å². The fourth-order valence-corrected chi connectivity index (χ4v) is 3.50. The first-order valence-corrected chi connectivity index (χ1v) is 11.0. The summed E-state index contributed by atoms with van der Waals surface area (Å²) < 4.78 is 1.83. The second-order valence-corrected chi connectivity index (χ2v) is 8.63. The first-order chi connectivity index (χ1) is 15.6. The van der Waals surface area contributed by atoms with Crippen molar-refractivity contribution < 1.29 is 4.79 Å². The van der Waals surface area contributed by atoms with E-state index in [1.165, 1.54) is 0 Å². The topological polar surface area (TPSA) is 84.2 Å². The zero-order valence-corrected chi connectivity index (χ0v) is 18.2. The van der Waals surface area contributed by atoms with E-state index in [1.807, 2.05) is 59.1 Å². The lowest BCUT2D eigenvalue weighted by Gasteiger charge is -2.12. The highest BCUT2D eigenvalue weighted by Crippen LogP contribution is 2.26. The lowest BCUT2D eigenvalue weighted by atomic mass is 10.1. The van der Waals surface area contributed by atoms with E-state index in [2.05, 4.69) is 29.5 Å². The maximum atomic E-state index is 12.3. The minimum absolute atomic E-state index is 0.0222. The van der Waals surface area contributed by atoms with Gasteiger partial charge in [0.1, 0.15) is 0 Å². The molecular weight excluding hydrogens is 400 g/mol. The van der Waals surface area contributed by atoms with Crippen molar-refractivity contribution in [2.75, 3.05) is 11.9 Å². The molecule has 0 radical (unpaired) electrons. The van der Waals surface area contributed by atoms with Crippen molar-refractivity contribution in [3.05, 3.63) is 66.4 Å². The van der Waals surface area contributed by atoms with Crippen LogP contribution >= 0.6 is 0 Å². The Labute approximate surface area is 186 Å². The number of rotatable bonds is 7. The predicted octanol–water partition coefficient (Wildman–Crippen LogP) is 4.42. The van der Waals surface area contributed by atoms with E-state index in [0.29, 0.717) is 34.8 Å². The predicted molar refractivity (Wildman–Crippen MR) is 125 cm³/mol. The van der Waals surface area contributed by atoms with Crippen molar-refractivity contribution in [2.45, 2.75) is 32.7 Å². The lowest BCUT2D eigenvalue weighted by molar-refractivity contribution is 0.0951. The van der Waals surface area contributed by atoms with Gasteiger partial charge in [-0.25, -0.2) is 14.5 Å². The molecule has 4 aromatic rings. The maximum absolute atomic E-state index is 12.3. The Morgan fingerprint density at radius 2 is 1.81 bits per heavy atom. The van der Waals surface area contributed by atoms with Crippen LogP contribution in [-0.2, 0) is 0 Å². The van der Waals surface area contributed by atoms with Crippen LogP contribution in [0.25, 0.3) is 28.3 Å². The molecule has 2 heterocycles. The lowest BCUT2D eigenvalue weighted by Crippen LogP contribution is -2.25. The van der Waals surface area contributed by atoms with Gasteiger partial charge in [0, 0.05) is 29.3 Å². The van der Waals surface area contributed by atoms with Gasteiger partial charge < -0.3 is 10.6 Å². The summed E-state index contributed by atoms with van der Waals surface area (Å²) in [7, 11) is 0. The molecule has 5 rings (SSSR count). The molecule has 1 amide bonds. The van der Waals surface area contributed by atoms with E-state index in [-0.39, 0.29) is 5.91 Å². The third-order valence-corrected chi connectivity index (χ3v) is 5.43. The quantitative estimate of drug-likeness (QED) is 0.457. The van der Waals surface area contributed by atoms with Gasteiger partial charge in [0.2, 0.25) is 0 Å². The number of fused-ring (bicyclic) bond motifs is 1. The molecule has 162 valence electrons. The number of nitrogens with one attached hydrogen (secondary N) is 2. The second-order valence-electron chi connectivity index (χ2n) is 8.63. The smallest absolute Gasteiger partial charge is 0.251 e. The molecule has 32 heavy (non-hydrogen) atoms. The molecule has 0 unspecified atom stereocenters. The van der Waals surface area contributed by atoms with E-state index in [9.17, 15) is 4.79 Å². The molecule has 7 nitrogen and oxygen atoms in total. The van der Waals surface area contributed by atoms with Crippen molar-refractivity contribution in [3.8, 4) is 22.6 Å². The molecule has 2 N–H and O–H groups in total. The molecule has 1 fully saturated rings. The first kappa shape index (κ1) is 20.2. The standard InChI is InChI=1S/C25H26N6O/c1-16(2)14-26-23-24-27-15-21(31(24)30-22(29-23)18-6-4-3-5-7-18)17-8-10-19(11-9-17)25(32)28-20-12-13-20/h3-11,15-16,20H,12-14H2,1-2H3,(H,28,32)(H,26,29,30). The van der Waals surface area contributed by atoms with Crippen LogP contribution in [-0.4, -0.2) is 38.1 Å². The summed E-state index contributed by atoms with van der Waals surface area (Å²) in [5.41, 5.74) is 4.06. The Kier molecular flexibility index (Phi) is 5.31. The van der Waals surface area contributed by atoms with E-state index >= 15 is 0 Å². The van der Waals surface area contributed by atoms with Crippen LogP contribution < -0.4 is 10.6 Å². The van der Waals surface area contributed by atoms with Gasteiger partial charge in [-0.3, -0.25) is 4.79 Å². The summed E-state index contributed by atoms with van der Waals surface area (Å²) in [6, 6.07) is 17.8. The Morgan fingerprint density at radius 3 is 2.50 bits per heavy atom. The molecule has 1 aliphatic carbocycles. The highest BCUT2D eigenvalue weighted by molar-refractivity contribution is 5.95. The highest BCUT2D eigenvalue weighted by atomic mass is 16.1. The molecule has 0 aliphatic heterocycles. The average Bonchev–Trinajstić information content (AvgIpc) is 3.53. The van der Waals surface area contributed by atoms with Crippen LogP contribution in [0.3, 0.4) is 0 Å². The number of anilines is 1. The first-order valence-electron chi connectivity index (χ1n) is 11.0. The number of carbonyl (C=O) groups is 1. The highest BCUT2D eigenvalue weighted by Gasteiger charge is 2.24. The summed E-state index contributed by atoms with van der Waals surface area (Å²) in [6.45, 7) is 5.09. The third-order valence-electron chi connectivity index (χ3n) is 5.43. The van der Waals surface area contributed by atoms with Gasteiger partial charge in [0.05, 0.1) is 11.9 Å².